The normalized spacial score (nSPS) is 10.1. The molecule has 21 heavy (non-hydrogen) atoms. The number of furan rings is 1. The second-order valence-electron chi connectivity index (χ2n) is 4.55. The van der Waals surface area contributed by atoms with Crippen molar-refractivity contribution in [2.75, 3.05) is 11.9 Å². The molecule has 2 N–H and O–H groups in total. The number of amides is 2. The van der Waals surface area contributed by atoms with Crippen molar-refractivity contribution in [3.05, 3.63) is 48.0 Å². The molecule has 2 aromatic rings. The van der Waals surface area contributed by atoms with Crippen molar-refractivity contribution < 1.29 is 14.0 Å². The van der Waals surface area contributed by atoms with Crippen molar-refractivity contribution in [2.45, 2.75) is 19.8 Å². The van der Waals surface area contributed by atoms with Gasteiger partial charge in [-0.15, -0.1) is 0 Å². The lowest BCUT2D eigenvalue weighted by Crippen LogP contribution is -2.25. The summed E-state index contributed by atoms with van der Waals surface area (Å²) in [6.45, 7) is 2.27. The van der Waals surface area contributed by atoms with Gasteiger partial charge in [-0.25, -0.2) is 4.98 Å². The van der Waals surface area contributed by atoms with E-state index in [9.17, 15) is 9.59 Å². The average molecular weight is 287 g/mol. The zero-order chi connectivity index (χ0) is 15.1. The number of pyridine rings is 1. The van der Waals surface area contributed by atoms with Crippen LogP contribution in [0.25, 0.3) is 0 Å². The van der Waals surface area contributed by atoms with Gasteiger partial charge in [-0.2, -0.15) is 0 Å². The maximum absolute atomic E-state index is 11.7. The molecule has 0 bridgehead atoms. The molecule has 2 rings (SSSR count). The predicted octanol–water partition coefficient (Wildman–Crippen LogP) is 2.13. The molecule has 0 radical (unpaired) electrons. The van der Waals surface area contributed by atoms with Crippen LogP contribution in [0.4, 0.5) is 5.82 Å². The van der Waals surface area contributed by atoms with Crippen molar-refractivity contribution in [2.24, 2.45) is 0 Å². The second kappa shape index (κ2) is 7.23. The number of anilines is 1. The van der Waals surface area contributed by atoms with E-state index in [2.05, 4.69) is 15.6 Å². The molecule has 0 aliphatic heterocycles. The van der Waals surface area contributed by atoms with Crippen molar-refractivity contribution in [1.29, 1.82) is 0 Å². The van der Waals surface area contributed by atoms with Crippen LogP contribution in [0.5, 0.6) is 0 Å². The Kier molecular flexibility index (Phi) is 5.09. The molecule has 0 aromatic carbocycles. The number of rotatable bonds is 6. The van der Waals surface area contributed by atoms with Gasteiger partial charge in [-0.3, -0.25) is 9.59 Å². The molecule has 0 spiro atoms. The van der Waals surface area contributed by atoms with Gasteiger partial charge in [-0.1, -0.05) is 6.07 Å². The number of hydrogen-bond acceptors (Lipinski definition) is 4. The predicted molar refractivity (Wildman–Crippen MR) is 77.9 cm³/mol. The molecule has 6 nitrogen and oxygen atoms in total. The average Bonchev–Trinajstić information content (AvgIpc) is 2.97. The fourth-order valence-corrected chi connectivity index (χ4v) is 1.76. The monoisotopic (exact) mass is 287 g/mol. The SMILES string of the molecule is Cc1cccc(NC(=O)CCCNC(=O)c2ccco2)n1. The number of carbonyl (C=O) groups is 2. The molecular weight excluding hydrogens is 270 g/mol. The number of carbonyl (C=O) groups excluding carboxylic acids is 2. The first-order valence-electron chi connectivity index (χ1n) is 6.70. The van der Waals surface area contributed by atoms with E-state index in [1.807, 2.05) is 19.1 Å². The largest absolute Gasteiger partial charge is 0.459 e. The molecule has 2 aromatic heterocycles. The Bertz CT molecular complexity index is 608. The highest BCUT2D eigenvalue weighted by Gasteiger charge is 2.08. The number of aryl methyl sites for hydroxylation is 1. The molecule has 0 fully saturated rings. The summed E-state index contributed by atoms with van der Waals surface area (Å²) in [5.74, 6) is 0.407. The zero-order valence-corrected chi connectivity index (χ0v) is 11.8. The van der Waals surface area contributed by atoms with Gasteiger partial charge in [0.1, 0.15) is 5.82 Å². The summed E-state index contributed by atoms with van der Waals surface area (Å²) in [5, 5.41) is 5.40. The summed E-state index contributed by atoms with van der Waals surface area (Å²) in [5.41, 5.74) is 0.846. The van der Waals surface area contributed by atoms with Crippen molar-refractivity contribution >= 4 is 17.6 Å². The molecule has 0 aliphatic rings. The van der Waals surface area contributed by atoms with Gasteiger partial charge in [-0.05, 0) is 37.6 Å². The highest BCUT2D eigenvalue weighted by Crippen LogP contribution is 2.05. The topological polar surface area (TPSA) is 84.2 Å². The van der Waals surface area contributed by atoms with Gasteiger partial charge in [0.25, 0.3) is 5.91 Å². The first kappa shape index (κ1) is 14.8. The summed E-state index contributed by atoms with van der Waals surface area (Å²) in [6.07, 6.45) is 2.30. The third-order valence-electron chi connectivity index (χ3n) is 2.77. The molecule has 0 saturated carbocycles. The highest BCUT2D eigenvalue weighted by molar-refractivity contribution is 5.91. The van der Waals surface area contributed by atoms with E-state index in [4.69, 9.17) is 4.42 Å². The lowest BCUT2D eigenvalue weighted by atomic mass is 10.3. The van der Waals surface area contributed by atoms with Crippen LogP contribution >= 0.6 is 0 Å². The maximum Gasteiger partial charge on any atom is 0.286 e. The summed E-state index contributed by atoms with van der Waals surface area (Å²) in [4.78, 5) is 27.5. The fraction of sp³-hybridized carbons (Fsp3) is 0.267. The molecule has 0 aliphatic carbocycles. The lowest BCUT2D eigenvalue weighted by molar-refractivity contribution is -0.116. The van der Waals surface area contributed by atoms with Crippen LogP contribution in [0.1, 0.15) is 29.1 Å². The first-order valence-corrected chi connectivity index (χ1v) is 6.70. The van der Waals surface area contributed by atoms with E-state index in [1.165, 1.54) is 6.26 Å². The molecule has 0 atom stereocenters. The first-order chi connectivity index (χ1) is 10.1. The van der Waals surface area contributed by atoms with E-state index >= 15 is 0 Å². The lowest BCUT2D eigenvalue weighted by Gasteiger charge is -2.05. The van der Waals surface area contributed by atoms with E-state index < -0.39 is 0 Å². The Morgan fingerprint density at radius 1 is 1.24 bits per heavy atom. The number of hydrogen-bond donors (Lipinski definition) is 2. The Labute approximate surface area is 122 Å². The number of nitrogens with one attached hydrogen (secondary N) is 2. The molecule has 2 amide bonds. The zero-order valence-electron chi connectivity index (χ0n) is 11.8. The van der Waals surface area contributed by atoms with Crippen LogP contribution in [0.2, 0.25) is 0 Å². The van der Waals surface area contributed by atoms with E-state index in [0.29, 0.717) is 25.2 Å². The van der Waals surface area contributed by atoms with Crippen molar-refractivity contribution in [3.63, 3.8) is 0 Å². The van der Waals surface area contributed by atoms with Crippen LogP contribution in [0.3, 0.4) is 0 Å². The van der Waals surface area contributed by atoms with Gasteiger partial charge >= 0.3 is 0 Å². The molecule has 0 saturated heterocycles. The Balaban J connectivity index is 1.67. The van der Waals surface area contributed by atoms with Crippen LogP contribution in [-0.2, 0) is 4.79 Å². The Morgan fingerprint density at radius 2 is 2.10 bits per heavy atom. The fourth-order valence-electron chi connectivity index (χ4n) is 1.76. The highest BCUT2D eigenvalue weighted by atomic mass is 16.3. The van der Waals surface area contributed by atoms with E-state index in [1.54, 1.807) is 18.2 Å². The minimum atomic E-state index is -0.277. The Morgan fingerprint density at radius 3 is 2.81 bits per heavy atom. The maximum atomic E-state index is 11.7. The minimum Gasteiger partial charge on any atom is -0.459 e. The van der Waals surface area contributed by atoms with Crippen molar-refractivity contribution in [1.82, 2.24) is 10.3 Å². The van der Waals surface area contributed by atoms with Gasteiger partial charge in [0, 0.05) is 18.7 Å². The third-order valence-corrected chi connectivity index (χ3v) is 2.77. The molecule has 6 heteroatoms. The van der Waals surface area contributed by atoms with Gasteiger partial charge in [0.05, 0.1) is 6.26 Å². The summed E-state index contributed by atoms with van der Waals surface area (Å²) in [6, 6.07) is 8.67. The Hall–Kier alpha value is -2.63. The smallest absolute Gasteiger partial charge is 0.286 e. The van der Waals surface area contributed by atoms with Gasteiger partial charge in [0.15, 0.2) is 5.76 Å². The quantitative estimate of drug-likeness (QED) is 0.797. The summed E-state index contributed by atoms with van der Waals surface area (Å²) in [7, 11) is 0. The van der Waals surface area contributed by atoms with Crippen LogP contribution < -0.4 is 10.6 Å². The van der Waals surface area contributed by atoms with E-state index in [-0.39, 0.29) is 17.6 Å². The molecular formula is C15H17N3O3. The molecule has 0 unspecified atom stereocenters. The van der Waals surface area contributed by atoms with Crippen LogP contribution in [0.15, 0.2) is 41.0 Å². The summed E-state index contributed by atoms with van der Waals surface area (Å²) >= 11 is 0. The van der Waals surface area contributed by atoms with Gasteiger partial charge in [0.2, 0.25) is 5.91 Å². The number of aromatic nitrogens is 1. The third kappa shape index (κ3) is 4.76. The van der Waals surface area contributed by atoms with Crippen LogP contribution in [-0.4, -0.2) is 23.3 Å². The number of nitrogens with zero attached hydrogens (tertiary/aromatic N) is 1. The molecule has 2 heterocycles. The van der Waals surface area contributed by atoms with Crippen molar-refractivity contribution in [3.8, 4) is 0 Å². The van der Waals surface area contributed by atoms with Crippen LogP contribution in [0, 0.1) is 6.92 Å². The van der Waals surface area contributed by atoms with Gasteiger partial charge < -0.3 is 15.1 Å². The van der Waals surface area contributed by atoms with E-state index in [0.717, 1.165) is 5.69 Å². The second-order valence-corrected chi connectivity index (χ2v) is 4.55. The standard InChI is InChI=1S/C15H17N3O3/c1-11-5-2-7-13(17-11)18-14(19)8-3-9-16-15(20)12-6-4-10-21-12/h2,4-7,10H,3,8-9H2,1H3,(H,16,20)(H,17,18,19). The molecule has 110 valence electrons. The summed E-state index contributed by atoms with van der Waals surface area (Å²) < 4.78 is 4.96. The minimum absolute atomic E-state index is 0.125.